The lowest BCUT2D eigenvalue weighted by Crippen LogP contribution is -2.30. The molecule has 0 saturated carbocycles. The number of aliphatic hydroxyl groups is 1. The van der Waals surface area contributed by atoms with Gasteiger partial charge < -0.3 is 10.4 Å². The molecule has 0 spiro atoms. The molecule has 3 nitrogen and oxygen atoms in total. The van der Waals surface area contributed by atoms with Crippen molar-refractivity contribution < 1.29 is 23.1 Å². The van der Waals surface area contributed by atoms with Crippen molar-refractivity contribution in [1.29, 1.82) is 0 Å². The number of anilines is 1. The molecular formula is C11H12F3NO2. The first kappa shape index (κ1) is 13.5. The SMILES string of the molecule is CC(=O)Nc1cccc(CC(O)C(F)(F)F)c1. The Balaban J connectivity index is 2.75. The third-order valence-corrected chi connectivity index (χ3v) is 2.05. The van der Waals surface area contributed by atoms with Crippen LogP contribution in [0, 0.1) is 0 Å². The van der Waals surface area contributed by atoms with Gasteiger partial charge in [-0.3, -0.25) is 4.79 Å². The van der Waals surface area contributed by atoms with Gasteiger partial charge in [-0.1, -0.05) is 12.1 Å². The first-order valence-electron chi connectivity index (χ1n) is 4.90. The van der Waals surface area contributed by atoms with E-state index in [1.54, 1.807) is 6.07 Å². The quantitative estimate of drug-likeness (QED) is 0.859. The number of alkyl halides is 3. The lowest BCUT2D eigenvalue weighted by molar-refractivity contribution is -0.203. The van der Waals surface area contributed by atoms with E-state index in [4.69, 9.17) is 5.11 Å². The maximum absolute atomic E-state index is 12.1. The van der Waals surface area contributed by atoms with Gasteiger partial charge in [0.2, 0.25) is 5.91 Å². The number of hydrogen-bond acceptors (Lipinski definition) is 2. The predicted octanol–water partition coefficient (Wildman–Crippen LogP) is 2.11. The molecule has 1 atom stereocenters. The molecule has 1 amide bonds. The number of halogens is 3. The molecule has 1 unspecified atom stereocenters. The van der Waals surface area contributed by atoms with E-state index < -0.39 is 18.7 Å². The average molecular weight is 247 g/mol. The van der Waals surface area contributed by atoms with Gasteiger partial charge in [0.05, 0.1) is 0 Å². The number of carbonyl (C=O) groups excluding carboxylic acids is 1. The highest BCUT2D eigenvalue weighted by Gasteiger charge is 2.37. The van der Waals surface area contributed by atoms with Gasteiger partial charge in [-0.05, 0) is 17.7 Å². The van der Waals surface area contributed by atoms with Crippen LogP contribution >= 0.6 is 0 Å². The molecule has 94 valence electrons. The minimum Gasteiger partial charge on any atom is -0.383 e. The van der Waals surface area contributed by atoms with E-state index in [0.717, 1.165) is 0 Å². The molecule has 0 saturated heterocycles. The molecule has 0 heterocycles. The van der Waals surface area contributed by atoms with Crippen LogP contribution in [0.4, 0.5) is 18.9 Å². The summed E-state index contributed by atoms with van der Waals surface area (Å²) in [5.74, 6) is -0.307. The Morgan fingerprint density at radius 3 is 2.65 bits per heavy atom. The summed E-state index contributed by atoms with van der Waals surface area (Å²) in [6, 6.07) is 5.94. The standard InChI is InChI=1S/C11H12F3NO2/c1-7(16)15-9-4-2-3-8(5-9)6-10(17)11(12,13)14/h2-5,10,17H,6H2,1H3,(H,15,16). The maximum atomic E-state index is 12.1. The molecule has 17 heavy (non-hydrogen) atoms. The van der Waals surface area contributed by atoms with Crippen molar-refractivity contribution in [3.8, 4) is 0 Å². The number of carbonyl (C=O) groups is 1. The van der Waals surface area contributed by atoms with Gasteiger partial charge in [0.15, 0.2) is 6.10 Å². The summed E-state index contributed by atoms with van der Waals surface area (Å²) in [6.45, 7) is 1.30. The Kier molecular flexibility index (Phi) is 4.11. The van der Waals surface area contributed by atoms with Gasteiger partial charge in [-0.25, -0.2) is 0 Å². The largest absolute Gasteiger partial charge is 0.414 e. The maximum Gasteiger partial charge on any atom is 0.414 e. The van der Waals surface area contributed by atoms with Gasteiger partial charge in [-0.2, -0.15) is 13.2 Å². The van der Waals surface area contributed by atoms with E-state index in [2.05, 4.69) is 5.32 Å². The monoisotopic (exact) mass is 247 g/mol. The molecule has 6 heteroatoms. The lowest BCUT2D eigenvalue weighted by Gasteiger charge is -2.14. The van der Waals surface area contributed by atoms with Crippen molar-refractivity contribution >= 4 is 11.6 Å². The summed E-state index contributed by atoms with van der Waals surface area (Å²) in [5.41, 5.74) is 0.713. The van der Waals surface area contributed by atoms with Crippen LogP contribution in [0.5, 0.6) is 0 Å². The van der Waals surface area contributed by atoms with Crippen molar-refractivity contribution in [2.75, 3.05) is 5.32 Å². The van der Waals surface area contributed by atoms with Crippen LogP contribution in [-0.2, 0) is 11.2 Å². The molecule has 1 rings (SSSR count). The zero-order chi connectivity index (χ0) is 13.1. The summed E-state index contributed by atoms with van der Waals surface area (Å²) < 4.78 is 36.4. The fraction of sp³-hybridized carbons (Fsp3) is 0.364. The highest BCUT2D eigenvalue weighted by molar-refractivity contribution is 5.88. The summed E-state index contributed by atoms with van der Waals surface area (Å²) in [4.78, 5) is 10.8. The first-order valence-corrected chi connectivity index (χ1v) is 4.90. The van der Waals surface area contributed by atoms with E-state index >= 15 is 0 Å². The molecule has 0 aliphatic rings. The van der Waals surface area contributed by atoms with E-state index in [0.29, 0.717) is 11.3 Å². The fourth-order valence-corrected chi connectivity index (χ4v) is 1.32. The van der Waals surface area contributed by atoms with Crippen LogP contribution in [0.2, 0.25) is 0 Å². The number of benzene rings is 1. The van der Waals surface area contributed by atoms with Gasteiger partial charge in [0.25, 0.3) is 0 Å². The molecule has 0 bridgehead atoms. The van der Waals surface area contributed by atoms with Crippen molar-refractivity contribution in [3.63, 3.8) is 0 Å². The van der Waals surface area contributed by atoms with Crippen molar-refractivity contribution in [2.24, 2.45) is 0 Å². The topological polar surface area (TPSA) is 49.3 Å². The molecule has 0 radical (unpaired) electrons. The molecule has 1 aromatic rings. The van der Waals surface area contributed by atoms with Crippen LogP contribution in [0.15, 0.2) is 24.3 Å². The smallest absolute Gasteiger partial charge is 0.383 e. The Morgan fingerprint density at radius 2 is 2.12 bits per heavy atom. The molecule has 0 aromatic heterocycles. The highest BCUT2D eigenvalue weighted by Crippen LogP contribution is 2.23. The summed E-state index contributed by atoms with van der Waals surface area (Å²) in [7, 11) is 0. The Bertz CT molecular complexity index is 404. The third-order valence-electron chi connectivity index (χ3n) is 2.05. The Hall–Kier alpha value is -1.56. The zero-order valence-corrected chi connectivity index (χ0v) is 9.08. The molecule has 0 aliphatic heterocycles. The Labute approximate surface area is 96.3 Å². The minimum absolute atomic E-state index is 0.307. The molecular weight excluding hydrogens is 235 g/mol. The molecule has 1 aromatic carbocycles. The zero-order valence-electron chi connectivity index (χ0n) is 9.08. The Morgan fingerprint density at radius 1 is 1.47 bits per heavy atom. The van der Waals surface area contributed by atoms with E-state index in [1.165, 1.54) is 25.1 Å². The molecule has 0 fully saturated rings. The van der Waals surface area contributed by atoms with E-state index in [-0.39, 0.29) is 5.91 Å². The van der Waals surface area contributed by atoms with Gasteiger partial charge in [0, 0.05) is 19.0 Å². The number of aliphatic hydroxyl groups excluding tert-OH is 1. The number of amides is 1. The summed E-state index contributed by atoms with van der Waals surface area (Å²) >= 11 is 0. The lowest BCUT2D eigenvalue weighted by atomic mass is 10.1. The normalized spacial score (nSPS) is 13.2. The average Bonchev–Trinajstić information content (AvgIpc) is 2.15. The van der Waals surface area contributed by atoms with Gasteiger partial charge in [-0.15, -0.1) is 0 Å². The third kappa shape index (κ3) is 4.44. The van der Waals surface area contributed by atoms with Crippen molar-refractivity contribution in [1.82, 2.24) is 0 Å². The summed E-state index contributed by atoms with van der Waals surface area (Å²) in [6.07, 6.45) is -7.56. The van der Waals surface area contributed by atoms with Crippen LogP contribution in [-0.4, -0.2) is 23.3 Å². The van der Waals surface area contributed by atoms with Gasteiger partial charge >= 0.3 is 6.18 Å². The second-order valence-electron chi connectivity index (χ2n) is 3.64. The molecule has 2 N–H and O–H groups in total. The van der Waals surface area contributed by atoms with Crippen molar-refractivity contribution in [2.45, 2.75) is 25.6 Å². The fourth-order valence-electron chi connectivity index (χ4n) is 1.32. The molecule has 0 aliphatic carbocycles. The van der Waals surface area contributed by atoms with Crippen LogP contribution < -0.4 is 5.32 Å². The first-order chi connectivity index (χ1) is 7.79. The van der Waals surface area contributed by atoms with Crippen LogP contribution in [0.25, 0.3) is 0 Å². The highest BCUT2D eigenvalue weighted by atomic mass is 19.4. The predicted molar refractivity (Wildman–Crippen MR) is 56.5 cm³/mol. The second kappa shape index (κ2) is 5.18. The second-order valence-corrected chi connectivity index (χ2v) is 3.64. The van der Waals surface area contributed by atoms with E-state index in [1.807, 2.05) is 0 Å². The van der Waals surface area contributed by atoms with Gasteiger partial charge in [0.1, 0.15) is 0 Å². The number of rotatable bonds is 3. The minimum atomic E-state index is -4.63. The number of hydrogen-bond donors (Lipinski definition) is 2. The van der Waals surface area contributed by atoms with Crippen LogP contribution in [0.3, 0.4) is 0 Å². The van der Waals surface area contributed by atoms with Crippen molar-refractivity contribution in [3.05, 3.63) is 29.8 Å². The van der Waals surface area contributed by atoms with Crippen LogP contribution in [0.1, 0.15) is 12.5 Å². The van der Waals surface area contributed by atoms with E-state index in [9.17, 15) is 18.0 Å². The number of nitrogens with one attached hydrogen (secondary N) is 1. The summed E-state index contributed by atoms with van der Waals surface area (Å²) in [5, 5.41) is 11.4.